The first kappa shape index (κ1) is 19.9. The van der Waals surface area contributed by atoms with Gasteiger partial charge >= 0.3 is 6.18 Å². The lowest BCUT2D eigenvalue weighted by Crippen LogP contribution is -2.24. The predicted octanol–water partition coefficient (Wildman–Crippen LogP) is 4.47. The summed E-state index contributed by atoms with van der Waals surface area (Å²) in [4.78, 5) is 19.6. The zero-order valence-electron chi connectivity index (χ0n) is 14.8. The number of aromatic nitrogens is 2. The lowest BCUT2D eigenvalue weighted by molar-refractivity contribution is -0.141. The summed E-state index contributed by atoms with van der Waals surface area (Å²) in [6, 6.07) is 11.5. The molecular formula is C19H16F3N3O2S. The molecule has 2 aromatic heterocycles. The van der Waals surface area contributed by atoms with E-state index in [2.05, 4.69) is 15.3 Å². The van der Waals surface area contributed by atoms with Crippen molar-refractivity contribution >= 4 is 17.7 Å². The summed E-state index contributed by atoms with van der Waals surface area (Å²) >= 11 is 0.832. The van der Waals surface area contributed by atoms with Crippen molar-refractivity contribution < 1.29 is 22.4 Å². The Morgan fingerprint density at radius 1 is 1.18 bits per heavy atom. The van der Waals surface area contributed by atoms with Crippen LogP contribution in [0.25, 0.3) is 11.5 Å². The molecule has 1 aromatic carbocycles. The van der Waals surface area contributed by atoms with Crippen LogP contribution in [0.5, 0.6) is 0 Å². The number of thioether (sulfide) groups is 1. The van der Waals surface area contributed by atoms with E-state index in [4.69, 9.17) is 4.42 Å². The topological polar surface area (TPSA) is 68.0 Å². The number of nitrogens with one attached hydrogen (secondary N) is 1. The molecule has 0 spiro atoms. The summed E-state index contributed by atoms with van der Waals surface area (Å²) < 4.78 is 44.5. The van der Waals surface area contributed by atoms with Gasteiger partial charge in [-0.15, -0.1) is 0 Å². The summed E-state index contributed by atoms with van der Waals surface area (Å²) in [6.07, 6.45) is -3.29. The van der Waals surface area contributed by atoms with E-state index < -0.39 is 11.9 Å². The van der Waals surface area contributed by atoms with Crippen LogP contribution in [0.15, 0.2) is 58.3 Å². The molecule has 28 heavy (non-hydrogen) atoms. The number of rotatable bonds is 6. The molecule has 9 heteroatoms. The summed E-state index contributed by atoms with van der Waals surface area (Å²) in [5.74, 6) is -0.241. The number of aryl methyl sites for hydroxylation is 1. The van der Waals surface area contributed by atoms with Crippen LogP contribution in [-0.2, 0) is 17.5 Å². The van der Waals surface area contributed by atoms with E-state index in [1.165, 1.54) is 12.3 Å². The molecule has 3 aromatic rings. The number of benzene rings is 1. The van der Waals surface area contributed by atoms with Crippen molar-refractivity contribution in [1.29, 1.82) is 0 Å². The number of amides is 1. The Morgan fingerprint density at radius 2 is 1.93 bits per heavy atom. The van der Waals surface area contributed by atoms with Gasteiger partial charge in [-0.25, -0.2) is 9.97 Å². The molecule has 2 heterocycles. The first-order valence-corrected chi connectivity index (χ1v) is 9.25. The highest BCUT2D eigenvalue weighted by Crippen LogP contribution is 2.32. The molecule has 3 rings (SSSR count). The predicted molar refractivity (Wildman–Crippen MR) is 98.5 cm³/mol. The molecule has 0 atom stereocenters. The number of hydrogen-bond donors (Lipinski definition) is 1. The van der Waals surface area contributed by atoms with Gasteiger partial charge < -0.3 is 9.73 Å². The third kappa shape index (κ3) is 5.35. The van der Waals surface area contributed by atoms with Crippen LogP contribution in [0.3, 0.4) is 0 Å². The van der Waals surface area contributed by atoms with E-state index in [0.717, 1.165) is 29.0 Å². The molecule has 0 aliphatic heterocycles. The van der Waals surface area contributed by atoms with Crippen molar-refractivity contribution in [2.45, 2.75) is 24.8 Å². The van der Waals surface area contributed by atoms with Gasteiger partial charge in [0.15, 0.2) is 10.9 Å². The van der Waals surface area contributed by atoms with Gasteiger partial charge in [-0.05, 0) is 30.7 Å². The fourth-order valence-electron chi connectivity index (χ4n) is 2.27. The van der Waals surface area contributed by atoms with Gasteiger partial charge in [0.2, 0.25) is 5.91 Å². The van der Waals surface area contributed by atoms with E-state index in [1.807, 2.05) is 31.2 Å². The Morgan fingerprint density at radius 3 is 2.57 bits per heavy atom. The molecule has 0 aliphatic rings. The van der Waals surface area contributed by atoms with Crippen molar-refractivity contribution in [3.8, 4) is 11.5 Å². The maximum Gasteiger partial charge on any atom is 0.433 e. The summed E-state index contributed by atoms with van der Waals surface area (Å²) in [5, 5.41) is 2.57. The first-order valence-electron chi connectivity index (χ1n) is 8.26. The van der Waals surface area contributed by atoms with Crippen molar-refractivity contribution in [2.75, 3.05) is 5.75 Å². The lowest BCUT2D eigenvalue weighted by Gasteiger charge is -2.09. The molecule has 0 radical (unpaired) electrons. The van der Waals surface area contributed by atoms with Crippen LogP contribution < -0.4 is 5.32 Å². The molecule has 0 aliphatic carbocycles. The maximum absolute atomic E-state index is 13.1. The minimum atomic E-state index is -4.63. The zero-order chi connectivity index (χ0) is 20.1. The van der Waals surface area contributed by atoms with Gasteiger partial charge in [-0.1, -0.05) is 41.6 Å². The first-order chi connectivity index (χ1) is 13.3. The largest absolute Gasteiger partial charge is 0.463 e. The van der Waals surface area contributed by atoms with Crippen LogP contribution in [0, 0.1) is 6.92 Å². The Labute approximate surface area is 163 Å². The van der Waals surface area contributed by atoms with E-state index in [0.29, 0.717) is 6.54 Å². The van der Waals surface area contributed by atoms with E-state index >= 15 is 0 Å². The highest BCUT2D eigenvalue weighted by Gasteiger charge is 2.34. The number of furan rings is 1. The van der Waals surface area contributed by atoms with Crippen LogP contribution in [-0.4, -0.2) is 21.6 Å². The molecule has 0 fully saturated rings. The second kappa shape index (κ2) is 8.47. The molecule has 0 saturated heterocycles. The molecule has 0 unspecified atom stereocenters. The summed E-state index contributed by atoms with van der Waals surface area (Å²) in [6.45, 7) is 2.30. The Balaban J connectivity index is 1.66. The van der Waals surface area contributed by atoms with Crippen molar-refractivity contribution in [3.05, 3.63) is 65.5 Å². The fraction of sp³-hybridized carbons (Fsp3) is 0.211. The Bertz CT molecular complexity index is 942. The molecular weight excluding hydrogens is 391 g/mol. The van der Waals surface area contributed by atoms with Gasteiger partial charge in [0, 0.05) is 6.54 Å². The summed E-state index contributed by atoms with van der Waals surface area (Å²) in [7, 11) is 0. The molecule has 1 N–H and O–H groups in total. The third-order valence-corrected chi connectivity index (χ3v) is 4.56. The van der Waals surface area contributed by atoms with Crippen LogP contribution in [0.1, 0.15) is 16.8 Å². The van der Waals surface area contributed by atoms with Gasteiger partial charge in [0.25, 0.3) is 0 Å². The Kier molecular flexibility index (Phi) is 6.03. The number of carbonyl (C=O) groups excluding carboxylic acids is 1. The standard InChI is InChI=1S/C19H16F3N3O2S/c1-12-4-6-13(7-5-12)10-23-17(26)11-28-18-24-14(15-3-2-8-27-15)9-16(25-18)19(20,21)22/h2-9H,10-11H2,1H3,(H,23,26). The average molecular weight is 407 g/mol. The van der Waals surface area contributed by atoms with Crippen molar-refractivity contribution in [1.82, 2.24) is 15.3 Å². The minimum Gasteiger partial charge on any atom is -0.463 e. The second-order valence-electron chi connectivity index (χ2n) is 5.95. The molecule has 1 amide bonds. The Hall–Kier alpha value is -2.81. The van der Waals surface area contributed by atoms with E-state index in [1.54, 1.807) is 6.07 Å². The highest BCUT2D eigenvalue weighted by atomic mass is 32.2. The second-order valence-corrected chi connectivity index (χ2v) is 6.89. The molecule has 0 saturated carbocycles. The van der Waals surface area contributed by atoms with Crippen molar-refractivity contribution in [2.24, 2.45) is 0 Å². The van der Waals surface area contributed by atoms with Gasteiger partial charge in [0.05, 0.1) is 12.0 Å². The SMILES string of the molecule is Cc1ccc(CNC(=O)CSc2nc(-c3ccco3)cc(C(F)(F)F)n2)cc1. The zero-order valence-corrected chi connectivity index (χ0v) is 15.6. The molecule has 5 nitrogen and oxygen atoms in total. The van der Waals surface area contributed by atoms with Crippen molar-refractivity contribution in [3.63, 3.8) is 0 Å². The summed E-state index contributed by atoms with van der Waals surface area (Å²) in [5.41, 5.74) is 0.963. The smallest absolute Gasteiger partial charge is 0.433 e. The van der Waals surface area contributed by atoms with Crippen LogP contribution in [0.2, 0.25) is 0 Å². The number of carbonyl (C=O) groups is 1. The van der Waals surface area contributed by atoms with Gasteiger partial charge in [0.1, 0.15) is 11.4 Å². The number of alkyl halides is 3. The quantitative estimate of drug-likeness (QED) is 0.482. The molecule has 0 bridgehead atoms. The number of hydrogen-bond acceptors (Lipinski definition) is 5. The molecule has 146 valence electrons. The third-order valence-electron chi connectivity index (χ3n) is 3.71. The van der Waals surface area contributed by atoms with Gasteiger partial charge in [-0.3, -0.25) is 4.79 Å². The van der Waals surface area contributed by atoms with E-state index in [-0.39, 0.29) is 28.3 Å². The highest BCUT2D eigenvalue weighted by molar-refractivity contribution is 7.99. The number of nitrogens with zero attached hydrogens (tertiary/aromatic N) is 2. The van der Waals surface area contributed by atoms with E-state index in [9.17, 15) is 18.0 Å². The minimum absolute atomic E-state index is 0.00916. The maximum atomic E-state index is 13.1. The monoisotopic (exact) mass is 407 g/mol. The fourth-order valence-corrected chi connectivity index (χ4v) is 2.96. The van der Waals surface area contributed by atoms with Crippen LogP contribution in [0.4, 0.5) is 13.2 Å². The number of halogens is 3. The van der Waals surface area contributed by atoms with Crippen LogP contribution >= 0.6 is 11.8 Å². The average Bonchev–Trinajstić information content (AvgIpc) is 3.20. The normalized spacial score (nSPS) is 11.4. The lowest BCUT2D eigenvalue weighted by atomic mass is 10.1. The van der Waals surface area contributed by atoms with Gasteiger partial charge in [-0.2, -0.15) is 13.2 Å².